The molecule has 0 amide bonds. The number of hydrogen-bond donors (Lipinski definition) is 6. The first-order valence-corrected chi connectivity index (χ1v) is 4.61. The SMILES string of the molecule is OC[C@@H](O)[C@@H](O)[C@H](O)[C@@H](O)C(O)C1CO1. The van der Waals surface area contributed by atoms with Gasteiger partial charge in [0.25, 0.3) is 0 Å². The highest BCUT2D eigenvalue weighted by atomic mass is 16.6. The highest BCUT2D eigenvalue weighted by Crippen LogP contribution is 2.19. The van der Waals surface area contributed by atoms with Crippen LogP contribution >= 0.6 is 0 Å². The lowest BCUT2D eigenvalue weighted by Crippen LogP contribution is -2.51. The lowest BCUT2D eigenvalue weighted by atomic mass is 9.98. The summed E-state index contributed by atoms with van der Waals surface area (Å²) in [6.07, 6.45) is -8.53. The van der Waals surface area contributed by atoms with Crippen molar-refractivity contribution in [1.82, 2.24) is 0 Å². The Morgan fingerprint density at radius 2 is 1.53 bits per heavy atom. The second-order valence-corrected chi connectivity index (χ2v) is 3.58. The Hall–Kier alpha value is -0.280. The molecule has 7 heteroatoms. The molecular formula is C8H16O7. The average Bonchev–Trinajstić information content (AvgIpc) is 3.07. The van der Waals surface area contributed by atoms with E-state index in [9.17, 15) is 20.4 Å². The molecule has 6 N–H and O–H groups in total. The van der Waals surface area contributed by atoms with Crippen molar-refractivity contribution in [3.05, 3.63) is 0 Å². The lowest BCUT2D eigenvalue weighted by molar-refractivity contribution is -0.142. The van der Waals surface area contributed by atoms with Crippen molar-refractivity contribution in [3.63, 3.8) is 0 Å². The first kappa shape index (κ1) is 12.8. The van der Waals surface area contributed by atoms with Crippen molar-refractivity contribution < 1.29 is 35.4 Å². The molecule has 0 saturated carbocycles. The van der Waals surface area contributed by atoms with Gasteiger partial charge < -0.3 is 35.4 Å². The van der Waals surface area contributed by atoms with E-state index in [2.05, 4.69) is 0 Å². The largest absolute Gasteiger partial charge is 0.394 e. The molecule has 1 saturated heterocycles. The Labute approximate surface area is 86.2 Å². The van der Waals surface area contributed by atoms with Gasteiger partial charge in [-0.15, -0.1) is 0 Å². The van der Waals surface area contributed by atoms with Gasteiger partial charge in [0.1, 0.15) is 36.6 Å². The van der Waals surface area contributed by atoms with Crippen molar-refractivity contribution in [1.29, 1.82) is 0 Å². The van der Waals surface area contributed by atoms with Crippen LogP contribution in [0, 0.1) is 0 Å². The van der Waals surface area contributed by atoms with Gasteiger partial charge in [-0.1, -0.05) is 0 Å². The summed E-state index contributed by atoms with van der Waals surface area (Å²) in [7, 11) is 0. The van der Waals surface area contributed by atoms with E-state index in [1.165, 1.54) is 0 Å². The third kappa shape index (κ3) is 3.08. The Kier molecular flexibility index (Phi) is 4.41. The van der Waals surface area contributed by atoms with Crippen molar-refractivity contribution in [2.24, 2.45) is 0 Å². The van der Waals surface area contributed by atoms with Gasteiger partial charge in [-0.05, 0) is 0 Å². The van der Waals surface area contributed by atoms with E-state index in [0.717, 1.165) is 0 Å². The highest BCUT2D eigenvalue weighted by Gasteiger charge is 2.42. The molecule has 1 aliphatic rings. The topological polar surface area (TPSA) is 134 Å². The third-order valence-corrected chi connectivity index (χ3v) is 2.37. The van der Waals surface area contributed by atoms with Crippen molar-refractivity contribution in [3.8, 4) is 0 Å². The molecule has 1 rings (SSSR count). The Morgan fingerprint density at radius 3 is 1.93 bits per heavy atom. The molecule has 6 atom stereocenters. The van der Waals surface area contributed by atoms with E-state index in [0.29, 0.717) is 0 Å². The fourth-order valence-corrected chi connectivity index (χ4v) is 1.21. The zero-order chi connectivity index (χ0) is 11.6. The van der Waals surface area contributed by atoms with Crippen LogP contribution in [0.1, 0.15) is 0 Å². The zero-order valence-electron chi connectivity index (χ0n) is 7.97. The van der Waals surface area contributed by atoms with E-state index < -0.39 is 43.2 Å². The van der Waals surface area contributed by atoms with Gasteiger partial charge in [-0.3, -0.25) is 0 Å². The Balaban J connectivity index is 2.46. The monoisotopic (exact) mass is 224 g/mol. The summed E-state index contributed by atoms with van der Waals surface area (Å²) in [4.78, 5) is 0. The van der Waals surface area contributed by atoms with Crippen molar-refractivity contribution >= 4 is 0 Å². The summed E-state index contributed by atoms with van der Waals surface area (Å²) < 4.78 is 4.69. The molecule has 15 heavy (non-hydrogen) atoms. The Morgan fingerprint density at radius 1 is 1.00 bits per heavy atom. The molecule has 0 spiro atoms. The van der Waals surface area contributed by atoms with Crippen LogP contribution in [0.2, 0.25) is 0 Å². The van der Waals surface area contributed by atoms with Gasteiger partial charge in [0, 0.05) is 0 Å². The first-order chi connectivity index (χ1) is 6.99. The highest BCUT2D eigenvalue weighted by molar-refractivity contribution is 4.91. The van der Waals surface area contributed by atoms with Crippen LogP contribution < -0.4 is 0 Å². The van der Waals surface area contributed by atoms with E-state index >= 15 is 0 Å². The summed E-state index contributed by atoms with van der Waals surface area (Å²) in [5, 5.41) is 54.8. The summed E-state index contributed by atoms with van der Waals surface area (Å²) in [6, 6.07) is 0. The second kappa shape index (κ2) is 5.17. The van der Waals surface area contributed by atoms with Gasteiger partial charge in [-0.25, -0.2) is 0 Å². The molecule has 90 valence electrons. The normalized spacial score (nSPS) is 30.4. The van der Waals surface area contributed by atoms with Crippen LogP contribution in [0.3, 0.4) is 0 Å². The molecule has 7 nitrogen and oxygen atoms in total. The quantitative estimate of drug-likeness (QED) is 0.255. The molecule has 1 fully saturated rings. The molecule has 2 unspecified atom stereocenters. The van der Waals surface area contributed by atoms with Gasteiger partial charge in [-0.2, -0.15) is 0 Å². The maximum absolute atomic E-state index is 9.38. The molecule has 0 radical (unpaired) electrons. The number of aliphatic hydroxyl groups excluding tert-OH is 6. The van der Waals surface area contributed by atoms with Crippen LogP contribution in [-0.2, 0) is 4.74 Å². The fourth-order valence-electron chi connectivity index (χ4n) is 1.21. The molecule has 0 aliphatic carbocycles. The van der Waals surface area contributed by atoms with Crippen molar-refractivity contribution in [2.75, 3.05) is 13.2 Å². The summed E-state index contributed by atoms with van der Waals surface area (Å²) in [5.74, 6) is 0. The second-order valence-electron chi connectivity index (χ2n) is 3.58. The molecule has 0 bridgehead atoms. The van der Waals surface area contributed by atoms with Crippen LogP contribution in [0.15, 0.2) is 0 Å². The molecule has 0 aromatic heterocycles. The number of ether oxygens (including phenoxy) is 1. The minimum absolute atomic E-state index is 0.281. The van der Waals surface area contributed by atoms with E-state index in [4.69, 9.17) is 14.9 Å². The van der Waals surface area contributed by atoms with Gasteiger partial charge in [0.2, 0.25) is 0 Å². The summed E-state index contributed by atoms with van der Waals surface area (Å²) >= 11 is 0. The fraction of sp³-hybridized carbons (Fsp3) is 1.00. The molecule has 0 aromatic rings. The zero-order valence-corrected chi connectivity index (χ0v) is 7.97. The maximum atomic E-state index is 9.38. The third-order valence-electron chi connectivity index (χ3n) is 2.37. The minimum Gasteiger partial charge on any atom is -0.394 e. The van der Waals surface area contributed by atoms with Gasteiger partial charge in [0.05, 0.1) is 13.2 Å². The van der Waals surface area contributed by atoms with Crippen LogP contribution in [-0.4, -0.2) is 80.5 Å². The van der Waals surface area contributed by atoms with Crippen LogP contribution in [0.25, 0.3) is 0 Å². The molecule has 1 aliphatic heterocycles. The standard InChI is InChI=1S/C8H16O7/c9-1-3(10)5(11)7(13)8(14)6(12)4-2-15-4/h3-14H,1-2H2/t3-,4?,5-,6?,7+,8+/m1/s1. The minimum atomic E-state index is -1.74. The predicted molar refractivity (Wildman–Crippen MR) is 46.9 cm³/mol. The number of aliphatic hydroxyl groups is 6. The van der Waals surface area contributed by atoms with Gasteiger partial charge >= 0.3 is 0 Å². The summed E-state index contributed by atoms with van der Waals surface area (Å²) in [5.41, 5.74) is 0. The van der Waals surface area contributed by atoms with E-state index in [1.54, 1.807) is 0 Å². The van der Waals surface area contributed by atoms with E-state index in [1.807, 2.05) is 0 Å². The molecule has 1 heterocycles. The number of hydrogen-bond acceptors (Lipinski definition) is 7. The number of rotatable bonds is 6. The van der Waals surface area contributed by atoms with Gasteiger partial charge in [0.15, 0.2) is 0 Å². The smallest absolute Gasteiger partial charge is 0.111 e. The van der Waals surface area contributed by atoms with Crippen molar-refractivity contribution in [2.45, 2.75) is 36.6 Å². The average molecular weight is 224 g/mol. The Bertz CT molecular complexity index is 195. The molecular weight excluding hydrogens is 208 g/mol. The van der Waals surface area contributed by atoms with E-state index in [-0.39, 0.29) is 6.61 Å². The summed E-state index contributed by atoms with van der Waals surface area (Å²) in [6.45, 7) is -0.468. The predicted octanol–water partition coefficient (Wildman–Crippen LogP) is -3.82. The number of epoxide rings is 1. The van der Waals surface area contributed by atoms with Crippen LogP contribution in [0.5, 0.6) is 0 Å². The molecule has 0 aromatic carbocycles. The van der Waals surface area contributed by atoms with Crippen LogP contribution in [0.4, 0.5) is 0 Å². The lowest BCUT2D eigenvalue weighted by Gasteiger charge is -2.27. The maximum Gasteiger partial charge on any atom is 0.111 e. The first-order valence-electron chi connectivity index (χ1n) is 4.61.